The molecule has 0 saturated carbocycles. The van der Waals surface area contributed by atoms with Crippen LogP contribution in [0.2, 0.25) is 0 Å². The summed E-state index contributed by atoms with van der Waals surface area (Å²) in [5.74, 6) is 0.694. The van der Waals surface area contributed by atoms with Gasteiger partial charge in [-0.05, 0) is 26.2 Å². The third kappa shape index (κ3) is 2.46. The van der Waals surface area contributed by atoms with Crippen molar-refractivity contribution in [1.82, 2.24) is 5.32 Å². The van der Waals surface area contributed by atoms with Crippen LogP contribution in [0.5, 0.6) is 0 Å². The van der Waals surface area contributed by atoms with E-state index in [1.165, 1.54) is 6.42 Å². The maximum Gasteiger partial charge on any atom is 0.0671 e. The third-order valence-electron chi connectivity index (χ3n) is 2.55. The molecule has 0 aromatic rings. The molecule has 66 valence electrons. The van der Waals surface area contributed by atoms with Crippen LogP contribution in [-0.4, -0.2) is 25.3 Å². The van der Waals surface area contributed by atoms with Crippen molar-refractivity contribution < 1.29 is 4.74 Å². The topological polar surface area (TPSA) is 21.3 Å². The molecular weight excluding hydrogens is 138 g/mol. The number of hydrogen-bond acceptors (Lipinski definition) is 2. The van der Waals surface area contributed by atoms with Gasteiger partial charge in [-0.25, -0.2) is 0 Å². The lowest BCUT2D eigenvalue weighted by molar-refractivity contribution is 0.0574. The van der Waals surface area contributed by atoms with Gasteiger partial charge in [0.15, 0.2) is 0 Å². The van der Waals surface area contributed by atoms with Crippen LogP contribution in [0.1, 0.15) is 27.2 Å². The SMILES string of the molecule is CCC1COC(C)CNC1C. The van der Waals surface area contributed by atoms with Gasteiger partial charge in [0.25, 0.3) is 0 Å². The van der Waals surface area contributed by atoms with Gasteiger partial charge in [-0.3, -0.25) is 0 Å². The summed E-state index contributed by atoms with van der Waals surface area (Å²) in [6.45, 7) is 8.51. The Kier molecular flexibility index (Phi) is 3.34. The fourth-order valence-corrected chi connectivity index (χ4v) is 1.48. The van der Waals surface area contributed by atoms with Gasteiger partial charge < -0.3 is 10.1 Å². The van der Waals surface area contributed by atoms with E-state index in [0.29, 0.717) is 18.1 Å². The highest BCUT2D eigenvalue weighted by Crippen LogP contribution is 2.13. The molecule has 0 amide bonds. The number of hydrogen-bond donors (Lipinski definition) is 1. The predicted molar refractivity (Wildman–Crippen MR) is 46.7 cm³/mol. The monoisotopic (exact) mass is 157 g/mol. The van der Waals surface area contributed by atoms with Crippen LogP contribution >= 0.6 is 0 Å². The molecule has 2 heteroatoms. The van der Waals surface area contributed by atoms with Gasteiger partial charge in [0.1, 0.15) is 0 Å². The van der Waals surface area contributed by atoms with E-state index in [0.717, 1.165) is 13.2 Å². The molecule has 1 rings (SSSR count). The van der Waals surface area contributed by atoms with E-state index in [4.69, 9.17) is 4.74 Å². The van der Waals surface area contributed by atoms with Crippen LogP contribution in [0.25, 0.3) is 0 Å². The lowest BCUT2D eigenvalue weighted by Gasteiger charge is -2.18. The smallest absolute Gasteiger partial charge is 0.0671 e. The molecule has 0 aromatic carbocycles. The zero-order valence-corrected chi connectivity index (χ0v) is 7.76. The van der Waals surface area contributed by atoms with Gasteiger partial charge in [-0.15, -0.1) is 0 Å². The second-order valence-corrected chi connectivity index (χ2v) is 3.51. The molecule has 3 atom stereocenters. The first-order valence-electron chi connectivity index (χ1n) is 4.59. The minimum absolute atomic E-state index is 0.383. The minimum atomic E-state index is 0.383. The quantitative estimate of drug-likeness (QED) is 0.621. The summed E-state index contributed by atoms with van der Waals surface area (Å²) in [4.78, 5) is 0. The Labute approximate surface area is 69.3 Å². The van der Waals surface area contributed by atoms with E-state index in [2.05, 4.69) is 26.1 Å². The standard InChI is InChI=1S/C9H19NO/c1-4-9-6-11-7(2)5-10-8(9)3/h7-10H,4-6H2,1-3H3. The van der Waals surface area contributed by atoms with Crippen LogP contribution < -0.4 is 5.32 Å². The lowest BCUT2D eigenvalue weighted by atomic mass is 10.00. The Morgan fingerprint density at radius 2 is 2.18 bits per heavy atom. The van der Waals surface area contributed by atoms with Crippen molar-refractivity contribution in [3.05, 3.63) is 0 Å². The molecule has 1 N–H and O–H groups in total. The molecule has 0 aliphatic carbocycles. The fourth-order valence-electron chi connectivity index (χ4n) is 1.48. The van der Waals surface area contributed by atoms with Crippen LogP contribution in [0.15, 0.2) is 0 Å². The van der Waals surface area contributed by atoms with E-state index in [1.54, 1.807) is 0 Å². The molecule has 0 spiro atoms. The van der Waals surface area contributed by atoms with Gasteiger partial charge >= 0.3 is 0 Å². The summed E-state index contributed by atoms with van der Waals surface area (Å²) >= 11 is 0. The summed E-state index contributed by atoms with van der Waals surface area (Å²) in [6, 6.07) is 0.616. The second-order valence-electron chi connectivity index (χ2n) is 3.51. The number of nitrogens with one attached hydrogen (secondary N) is 1. The lowest BCUT2D eigenvalue weighted by Crippen LogP contribution is -2.34. The van der Waals surface area contributed by atoms with Gasteiger partial charge in [0.2, 0.25) is 0 Å². The Balaban J connectivity index is 2.41. The average molecular weight is 157 g/mol. The predicted octanol–water partition coefficient (Wildman–Crippen LogP) is 1.41. The highest BCUT2D eigenvalue weighted by Gasteiger charge is 2.20. The van der Waals surface area contributed by atoms with E-state index in [9.17, 15) is 0 Å². The minimum Gasteiger partial charge on any atom is -0.377 e. The van der Waals surface area contributed by atoms with E-state index in [-0.39, 0.29) is 0 Å². The van der Waals surface area contributed by atoms with Crippen LogP contribution in [0.3, 0.4) is 0 Å². The highest BCUT2D eigenvalue weighted by molar-refractivity contribution is 4.75. The van der Waals surface area contributed by atoms with Crippen molar-refractivity contribution in [2.75, 3.05) is 13.2 Å². The summed E-state index contributed by atoms with van der Waals surface area (Å²) in [7, 11) is 0. The van der Waals surface area contributed by atoms with E-state index < -0.39 is 0 Å². The first-order chi connectivity index (χ1) is 5.24. The molecular formula is C9H19NO. The molecule has 1 fully saturated rings. The molecule has 3 unspecified atom stereocenters. The molecule has 11 heavy (non-hydrogen) atoms. The largest absolute Gasteiger partial charge is 0.377 e. The fraction of sp³-hybridized carbons (Fsp3) is 1.00. The second kappa shape index (κ2) is 4.07. The van der Waals surface area contributed by atoms with Gasteiger partial charge in [0, 0.05) is 12.6 Å². The molecule has 0 bridgehead atoms. The Hall–Kier alpha value is -0.0800. The zero-order valence-electron chi connectivity index (χ0n) is 7.76. The van der Waals surface area contributed by atoms with Crippen molar-refractivity contribution in [2.45, 2.75) is 39.3 Å². The normalized spacial score (nSPS) is 40.1. The number of ether oxygens (including phenoxy) is 1. The Morgan fingerprint density at radius 3 is 2.82 bits per heavy atom. The van der Waals surface area contributed by atoms with Crippen molar-refractivity contribution in [3.8, 4) is 0 Å². The van der Waals surface area contributed by atoms with Crippen molar-refractivity contribution >= 4 is 0 Å². The zero-order chi connectivity index (χ0) is 8.27. The third-order valence-corrected chi connectivity index (χ3v) is 2.55. The number of rotatable bonds is 1. The van der Waals surface area contributed by atoms with Crippen molar-refractivity contribution in [1.29, 1.82) is 0 Å². The molecule has 1 saturated heterocycles. The van der Waals surface area contributed by atoms with Crippen molar-refractivity contribution in [3.63, 3.8) is 0 Å². The first-order valence-corrected chi connectivity index (χ1v) is 4.59. The summed E-state index contributed by atoms with van der Waals surface area (Å²) in [5, 5.41) is 3.47. The molecule has 1 heterocycles. The molecule has 0 aromatic heterocycles. The maximum absolute atomic E-state index is 5.61. The van der Waals surface area contributed by atoms with Gasteiger partial charge in [0.05, 0.1) is 12.7 Å². The Morgan fingerprint density at radius 1 is 1.45 bits per heavy atom. The van der Waals surface area contributed by atoms with Crippen LogP contribution in [-0.2, 0) is 4.74 Å². The van der Waals surface area contributed by atoms with Gasteiger partial charge in [-0.1, -0.05) is 6.92 Å². The summed E-state index contributed by atoms with van der Waals surface area (Å²) in [5.41, 5.74) is 0. The molecule has 1 aliphatic rings. The molecule has 2 nitrogen and oxygen atoms in total. The maximum atomic E-state index is 5.61. The van der Waals surface area contributed by atoms with E-state index >= 15 is 0 Å². The van der Waals surface area contributed by atoms with Gasteiger partial charge in [-0.2, -0.15) is 0 Å². The summed E-state index contributed by atoms with van der Waals surface area (Å²) in [6.07, 6.45) is 1.59. The Bertz CT molecular complexity index is 116. The van der Waals surface area contributed by atoms with E-state index in [1.807, 2.05) is 0 Å². The van der Waals surface area contributed by atoms with Crippen LogP contribution in [0.4, 0.5) is 0 Å². The summed E-state index contributed by atoms with van der Waals surface area (Å²) < 4.78 is 5.61. The molecule has 0 radical (unpaired) electrons. The first kappa shape index (κ1) is 9.01. The average Bonchev–Trinajstić information content (AvgIpc) is 2.15. The van der Waals surface area contributed by atoms with Crippen molar-refractivity contribution in [2.24, 2.45) is 5.92 Å². The molecule has 1 aliphatic heterocycles. The highest BCUT2D eigenvalue weighted by atomic mass is 16.5. The van der Waals surface area contributed by atoms with Crippen LogP contribution in [0, 0.1) is 5.92 Å².